The van der Waals surface area contributed by atoms with Crippen molar-refractivity contribution in [2.24, 2.45) is 0 Å². The van der Waals surface area contributed by atoms with Crippen LogP contribution in [0.15, 0.2) is 46.1 Å². The maximum atomic E-state index is 13.2. The first-order valence-electron chi connectivity index (χ1n) is 7.47. The Hall–Kier alpha value is -1.97. The molecule has 0 aliphatic rings. The lowest BCUT2D eigenvalue weighted by atomic mass is 10.3. The number of nitrogens with one attached hydrogen (secondary N) is 2. The van der Waals surface area contributed by atoms with E-state index in [0.717, 1.165) is 6.42 Å². The minimum absolute atomic E-state index is 0.0311. The van der Waals surface area contributed by atoms with Crippen LogP contribution in [0.4, 0.5) is 15.2 Å². The monoisotopic (exact) mass is 394 g/mol. The number of hydrogen-bond donors (Lipinski definition) is 2. The summed E-state index contributed by atoms with van der Waals surface area (Å²) in [7, 11) is 0. The Bertz CT molecular complexity index is 822. The molecule has 130 valence electrons. The minimum atomic E-state index is -0.316. The van der Waals surface area contributed by atoms with Crippen LogP contribution in [0.2, 0.25) is 0 Å². The normalized spacial score (nSPS) is 10.6. The van der Waals surface area contributed by atoms with Crippen molar-refractivity contribution in [2.45, 2.75) is 10.8 Å². The second kappa shape index (κ2) is 8.93. The molecule has 3 aromatic rings. The van der Waals surface area contributed by atoms with E-state index >= 15 is 0 Å². The molecule has 0 bridgehead atoms. The molecule has 0 radical (unpaired) electrons. The lowest BCUT2D eigenvalue weighted by molar-refractivity contribution is -0.118. The summed E-state index contributed by atoms with van der Waals surface area (Å²) in [6.45, 7) is 0.627. The van der Waals surface area contributed by atoms with Gasteiger partial charge in [0.1, 0.15) is 5.82 Å². The van der Waals surface area contributed by atoms with Gasteiger partial charge in [0.15, 0.2) is 4.34 Å². The van der Waals surface area contributed by atoms with E-state index in [1.54, 1.807) is 23.5 Å². The third-order valence-electron chi connectivity index (χ3n) is 3.08. The Morgan fingerprint density at radius 2 is 2.16 bits per heavy atom. The standard InChI is InChI=1S/C16H15FN4OS3/c17-11-3-1-4-12(9-11)19-15-20-21-16(25-15)24-10-14(22)18-7-6-13-5-2-8-23-13/h1-5,8-9H,6-7,10H2,(H,18,22)(H,19,20). The summed E-state index contributed by atoms with van der Waals surface area (Å²) in [5, 5.41) is 16.5. The van der Waals surface area contributed by atoms with Crippen LogP contribution in [0.25, 0.3) is 0 Å². The van der Waals surface area contributed by atoms with Crippen molar-refractivity contribution in [2.75, 3.05) is 17.6 Å². The topological polar surface area (TPSA) is 66.9 Å². The van der Waals surface area contributed by atoms with Gasteiger partial charge in [0, 0.05) is 17.1 Å². The van der Waals surface area contributed by atoms with Gasteiger partial charge in [0.25, 0.3) is 0 Å². The molecule has 1 aromatic carbocycles. The third-order valence-corrected chi connectivity index (χ3v) is 5.99. The highest BCUT2D eigenvalue weighted by atomic mass is 32.2. The maximum absolute atomic E-state index is 13.2. The van der Waals surface area contributed by atoms with Crippen molar-refractivity contribution < 1.29 is 9.18 Å². The molecule has 3 rings (SSSR count). The van der Waals surface area contributed by atoms with E-state index < -0.39 is 0 Å². The fourth-order valence-corrected chi connectivity index (χ4v) is 4.28. The zero-order chi connectivity index (χ0) is 17.5. The molecular weight excluding hydrogens is 379 g/mol. The highest BCUT2D eigenvalue weighted by Crippen LogP contribution is 2.27. The van der Waals surface area contributed by atoms with Gasteiger partial charge >= 0.3 is 0 Å². The molecule has 0 saturated carbocycles. The van der Waals surface area contributed by atoms with E-state index in [4.69, 9.17) is 0 Å². The van der Waals surface area contributed by atoms with Crippen LogP contribution in [-0.4, -0.2) is 28.4 Å². The molecule has 9 heteroatoms. The van der Waals surface area contributed by atoms with Crippen LogP contribution in [0, 0.1) is 5.82 Å². The summed E-state index contributed by atoms with van der Waals surface area (Å²) in [6, 6.07) is 10.2. The van der Waals surface area contributed by atoms with E-state index in [1.807, 2.05) is 11.4 Å². The average Bonchev–Trinajstić information content (AvgIpc) is 3.25. The Morgan fingerprint density at radius 1 is 1.24 bits per heavy atom. The van der Waals surface area contributed by atoms with Crippen LogP contribution in [0.5, 0.6) is 0 Å². The summed E-state index contributed by atoms with van der Waals surface area (Å²) >= 11 is 4.34. The van der Waals surface area contributed by atoms with E-state index in [2.05, 4.69) is 26.9 Å². The second-order valence-corrected chi connectivity index (χ2v) is 8.21. The highest BCUT2D eigenvalue weighted by Gasteiger charge is 2.08. The van der Waals surface area contributed by atoms with E-state index in [-0.39, 0.29) is 11.7 Å². The molecule has 0 spiro atoms. The Balaban J connectivity index is 1.41. The van der Waals surface area contributed by atoms with Gasteiger partial charge in [-0.2, -0.15) is 0 Å². The second-order valence-electron chi connectivity index (χ2n) is 4.98. The first kappa shape index (κ1) is 17.8. The summed E-state index contributed by atoms with van der Waals surface area (Å²) in [6.07, 6.45) is 0.842. The summed E-state index contributed by atoms with van der Waals surface area (Å²) < 4.78 is 13.8. The lowest BCUT2D eigenvalue weighted by Crippen LogP contribution is -2.27. The van der Waals surface area contributed by atoms with Crippen LogP contribution < -0.4 is 10.6 Å². The molecule has 1 amide bonds. The van der Waals surface area contributed by atoms with Gasteiger partial charge < -0.3 is 10.6 Å². The molecule has 0 saturated heterocycles. The number of rotatable bonds is 8. The van der Waals surface area contributed by atoms with Gasteiger partial charge in [-0.1, -0.05) is 35.2 Å². The van der Waals surface area contributed by atoms with E-state index in [1.165, 1.54) is 40.1 Å². The molecular formula is C16H15FN4OS3. The minimum Gasteiger partial charge on any atom is -0.355 e. The smallest absolute Gasteiger partial charge is 0.230 e. The highest BCUT2D eigenvalue weighted by molar-refractivity contribution is 8.01. The molecule has 25 heavy (non-hydrogen) atoms. The first-order chi connectivity index (χ1) is 12.2. The largest absolute Gasteiger partial charge is 0.355 e. The number of amides is 1. The maximum Gasteiger partial charge on any atom is 0.230 e. The van der Waals surface area contributed by atoms with Gasteiger partial charge in [-0.25, -0.2) is 4.39 Å². The third kappa shape index (κ3) is 5.80. The SMILES string of the molecule is O=C(CSc1nnc(Nc2cccc(F)c2)s1)NCCc1cccs1. The predicted octanol–water partition coefficient (Wildman–Crippen LogP) is 3.93. The number of benzene rings is 1. The number of hydrogen-bond acceptors (Lipinski definition) is 7. The van der Waals surface area contributed by atoms with Crippen molar-refractivity contribution in [1.82, 2.24) is 15.5 Å². The summed E-state index contributed by atoms with van der Waals surface area (Å²) in [4.78, 5) is 13.1. The van der Waals surface area contributed by atoms with Crippen LogP contribution in [-0.2, 0) is 11.2 Å². The van der Waals surface area contributed by atoms with Crippen molar-refractivity contribution in [1.29, 1.82) is 0 Å². The van der Waals surface area contributed by atoms with Crippen LogP contribution in [0.3, 0.4) is 0 Å². The quantitative estimate of drug-likeness (QED) is 0.567. The lowest BCUT2D eigenvalue weighted by Gasteiger charge is -2.02. The number of anilines is 2. The fourth-order valence-electron chi connectivity index (χ4n) is 1.97. The van der Waals surface area contributed by atoms with Gasteiger partial charge in [0.05, 0.1) is 5.75 Å². The zero-order valence-corrected chi connectivity index (χ0v) is 15.5. The average molecular weight is 395 g/mol. The number of thioether (sulfide) groups is 1. The molecule has 0 fully saturated rings. The summed E-state index contributed by atoms with van der Waals surface area (Å²) in [5.41, 5.74) is 0.610. The van der Waals surface area contributed by atoms with Crippen molar-refractivity contribution in [3.05, 3.63) is 52.5 Å². The van der Waals surface area contributed by atoms with Crippen molar-refractivity contribution >= 4 is 51.2 Å². The number of thiophene rings is 1. The molecule has 2 heterocycles. The molecule has 2 aromatic heterocycles. The van der Waals surface area contributed by atoms with Crippen molar-refractivity contribution in [3.63, 3.8) is 0 Å². The molecule has 0 aliphatic heterocycles. The van der Waals surface area contributed by atoms with Gasteiger partial charge in [0.2, 0.25) is 11.0 Å². The zero-order valence-electron chi connectivity index (χ0n) is 13.1. The van der Waals surface area contributed by atoms with Crippen LogP contribution >= 0.6 is 34.4 Å². The predicted molar refractivity (Wildman–Crippen MR) is 101 cm³/mol. The van der Waals surface area contributed by atoms with E-state index in [0.29, 0.717) is 27.5 Å². The fraction of sp³-hybridized carbons (Fsp3) is 0.188. The molecule has 0 aliphatic carbocycles. The number of aromatic nitrogens is 2. The molecule has 5 nitrogen and oxygen atoms in total. The number of carbonyl (C=O) groups excluding carboxylic acids is 1. The van der Waals surface area contributed by atoms with Crippen molar-refractivity contribution in [3.8, 4) is 0 Å². The summed E-state index contributed by atoms with van der Waals surface area (Å²) in [5.74, 6) is -0.0568. The molecule has 0 unspecified atom stereocenters. The van der Waals surface area contributed by atoms with Gasteiger partial charge in [-0.05, 0) is 36.1 Å². The Kier molecular flexibility index (Phi) is 6.37. The van der Waals surface area contributed by atoms with E-state index in [9.17, 15) is 9.18 Å². The Morgan fingerprint density at radius 3 is 2.96 bits per heavy atom. The first-order valence-corrected chi connectivity index (χ1v) is 10.2. The number of carbonyl (C=O) groups is 1. The molecule has 0 atom stereocenters. The molecule has 2 N–H and O–H groups in total. The van der Waals surface area contributed by atoms with Gasteiger partial charge in [-0.15, -0.1) is 21.5 Å². The van der Waals surface area contributed by atoms with Crippen LogP contribution in [0.1, 0.15) is 4.88 Å². The Labute approximate surface area is 156 Å². The van der Waals surface area contributed by atoms with Gasteiger partial charge in [-0.3, -0.25) is 4.79 Å². The number of nitrogens with zero attached hydrogens (tertiary/aromatic N) is 2. The number of halogens is 1.